The van der Waals surface area contributed by atoms with Crippen LogP contribution in [0, 0.1) is 11.8 Å². The normalized spacial score (nSPS) is 24.2. The molecule has 7 heteroatoms. The molecular weight excluding hydrogens is 448 g/mol. The zero-order chi connectivity index (χ0) is 23.5. The van der Waals surface area contributed by atoms with E-state index in [4.69, 9.17) is 16.2 Å². The number of carbonyl (C=O) groups excluding carboxylic acids is 1. The third-order valence-electron chi connectivity index (χ3n) is 6.51. The number of unbranched alkanes of at least 4 members (excludes halogenated alkanes) is 2. The summed E-state index contributed by atoms with van der Waals surface area (Å²) in [4.78, 5) is 12.4. The third kappa shape index (κ3) is 8.71. The van der Waals surface area contributed by atoms with Crippen LogP contribution in [0.25, 0.3) is 0 Å². The van der Waals surface area contributed by atoms with E-state index < -0.39 is 23.3 Å². The number of aliphatic hydroxyl groups is 2. The molecule has 1 saturated carbocycles. The molecule has 1 aliphatic carbocycles. The molecule has 0 aromatic heterocycles. The topological polar surface area (TPSA) is 94.8 Å². The lowest BCUT2D eigenvalue weighted by Gasteiger charge is -2.26. The van der Waals surface area contributed by atoms with E-state index in [2.05, 4.69) is 6.92 Å². The number of rotatable bonds is 14. The summed E-state index contributed by atoms with van der Waals surface area (Å²) in [6.45, 7) is 2.13. The smallest absolute Gasteiger partial charge is 0.152 e. The average molecular weight is 485 g/mol. The van der Waals surface area contributed by atoms with Gasteiger partial charge in [-0.15, -0.1) is 0 Å². The Morgan fingerprint density at radius 3 is 2.56 bits per heavy atom. The molecule has 1 fully saturated rings. The first-order chi connectivity index (χ1) is 15.3. The van der Waals surface area contributed by atoms with E-state index in [1.165, 1.54) is 0 Å². The zero-order valence-corrected chi connectivity index (χ0v) is 20.4. The van der Waals surface area contributed by atoms with Crippen molar-refractivity contribution in [3.8, 4) is 0 Å². The lowest BCUT2D eigenvalue weighted by atomic mass is 9.82. The Bertz CT molecular complexity index is 751. The van der Waals surface area contributed by atoms with Gasteiger partial charge in [0, 0.05) is 29.0 Å². The summed E-state index contributed by atoms with van der Waals surface area (Å²) in [6.07, 6.45) is 8.85. The van der Waals surface area contributed by atoms with Gasteiger partial charge in [-0.2, -0.15) is 0 Å². The Morgan fingerprint density at radius 2 is 1.91 bits per heavy atom. The highest BCUT2D eigenvalue weighted by molar-refractivity contribution is 7.79. The molecule has 0 radical (unpaired) electrons. The van der Waals surface area contributed by atoms with Crippen LogP contribution >= 0.6 is 11.6 Å². The van der Waals surface area contributed by atoms with E-state index >= 15 is 0 Å². The molecule has 3 N–H and O–H groups in total. The van der Waals surface area contributed by atoms with Crippen molar-refractivity contribution in [2.24, 2.45) is 11.8 Å². The second-order valence-electron chi connectivity index (χ2n) is 8.83. The maximum absolute atomic E-state index is 12.4. The summed E-state index contributed by atoms with van der Waals surface area (Å²) in [5.74, 6) is -0.0392. The lowest BCUT2D eigenvalue weighted by molar-refractivity contribution is -0.121. The monoisotopic (exact) mass is 484 g/mol. The molecule has 180 valence electrons. The van der Waals surface area contributed by atoms with Crippen LogP contribution in [-0.4, -0.2) is 42.7 Å². The number of benzene rings is 1. The summed E-state index contributed by atoms with van der Waals surface area (Å²) >= 11 is 4.25. The Labute approximate surface area is 199 Å². The summed E-state index contributed by atoms with van der Waals surface area (Å²) in [6, 6.07) is 7.64. The van der Waals surface area contributed by atoms with Gasteiger partial charge >= 0.3 is 0 Å². The SMILES string of the molecule is CCCCC(c1ccc(Cl)cc1)C(O)CC[C@H]1C(O)CC(=O)[C@@H]1CC=CCCCS(=O)O. The standard InChI is InChI=1S/C25H37ClO5S/c1-2-3-8-20(18-10-12-19(26)13-11-18)23(27)15-14-22-21(24(28)17-25(22)29)9-6-4-5-7-16-32(30)31/h4,6,10-13,20-23,25,27,29H,2-3,5,7-9,14-17H2,1H3,(H,30,31)/t20?,21-,22-,23?,25?/m1/s1. The van der Waals surface area contributed by atoms with Crippen molar-refractivity contribution >= 4 is 28.5 Å². The van der Waals surface area contributed by atoms with Gasteiger partial charge < -0.3 is 14.8 Å². The first kappa shape index (κ1) is 27.2. The fourth-order valence-electron chi connectivity index (χ4n) is 4.68. The van der Waals surface area contributed by atoms with Crippen molar-refractivity contribution in [3.63, 3.8) is 0 Å². The second kappa shape index (κ2) is 14.3. The minimum absolute atomic E-state index is 0.0110. The van der Waals surface area contributed by atoms with E-state index in [-0.39, 0.29) is 35.7 Å². The average Bonchev–Trinajstić information content (AvgIpc) is 3.02. The van der Waals surface area contributed by atoms with Gasteiger partial charge in [0.2, 0.25) is 0 Å². The van der Waals surface area contributed by atoms with Gasteiger partial charge in [0.05, 0.1) is 12.2 Å². The number of aliphatic hydroxyl groups excluding tert-OH is 2. The second-order valence-corrected chi connectivity index (χ2v) is 10.3. The van der Waals surface area contributed by atoms with Crippen LogP contribution in [0.3, 0.4) is 0 Å². The van der Waals surface area contributed by atoms with Gasteiger partial charge in [0.15, 0.2) is 11.1 Å². The minimum Gasteiger partial charge on any atom is -0.392 e. The Morgan fingerprint density at radius 1 is 1.19 bits per heavy atom. The lowest BCUT2D eigenvalue weighted by Crippen LogP contribution is -2.25. The molecule has 1 aromatic carbocycles. The molecule has 1 aliphatic rings. The molecule has 0 saturated heterocycles. The number of carbonyl (C=O) groups is 1. The predicted molar refractivity (Wildman–Crippen MR) is 130 cm³/mol. The van der Waals surface area contributed by atoms with Gasteiger partial charge in [-0.05, 0) is 62.1 Å². The minimum atomic E-state index is -1.77. The van der Waals surface area contributed by atoms with E-state index in [0.29, 0.717) is 37.1 Å². The molecule has 6 atom stereocenters. The van der Waals surface area contributed by atoms with Crippen molar-refractivity contribution < 1.29 is 23.8 Å². The summed E-state index contributed by atoms with van der Waals surface area (Å²) in [5, 5.41) is 22.2. The van der Waals surface area contributed by atoms with Crippen LogP contribution in [0.2, 0.25) is 5.02 Å². The molecule has 0 heterocycles. The van der Waals surface area contributed by atoms with Crippen molar-refractivity contribution in [2.75, 3.05) is 5.75 Å². The maximum atomic E-state index is 12.4. The Kier molecular flexibility index (Phi) is 12.1. The van der Waals surface area contributed by atoms with E-state index in [9.17, 15) is 19.2 Å². The maximum Gasteiger partial charge on any atom is 0.152 e. The summed E-state index contributed by atoms with van der Waals surface area (Å²) in [7, 11) is 0. The molecule has 0 bridgehead atoms. The van der Waals surface area contributed by atoms with Gasteiger partial charge in [0.1, 0.15) is 5.78 Å². The van der Waals surface area contributed by atoms with Crippen molar-refractivity contribution in [2.45, 2.75) is 82.8 Å². The number of allylic oxidation sites excluding steroid dienone is 2. The van der Waals surface area contributed by atoms with Gasteiger partial charge in [-0.25, -0.2) is 4.21 Å². The number of hydrogen-bond donors (Lipinski definition) is 3. The molecule has 5 nitrogen and oxygen atoms in total. The number of halogens is 1. The fraction of sp³-hybridized carbons (Fsp3) is 0.640. The fourth-order valence-corrected chi connectivity index (χ4v) is 5.22. The van der Waals surface area contributed by atoms with Crippen molar-refractivity contribution in [3.05, 3.63) is 47.0 Å². The third-order valence-corrected chi connectivity index (χ3v) is 7.40. The summed E-state index contributed by atoms with van der Waals surface area (Å²) < 4.78 is 19.5. The van der Waals surface area contributed by atoms with E-state index in [0.717, 1.165) is 24.8 Å². The molecule has 0 amide bonds. The van der Waals surface area contributed by atoms with Crippen LogP contribution in [0.1, 0.15) is 76.2 Å². The highest BCUT2D eigenvalue weighted by Crippen LogP contribution is 2.37. The highest BCUT2D eigenvalue weighted by Gasteiger charge is 2.40. The molecule has 4 unspecified atom stereocenters. The van der Waals surface area contributed by atoms with Gasteiger partial charge in [-0.1, -0.05) is 55.7 Å². The van der Waals surface area contributed by atoms with Crippen LogP contribution in [0.15, 0.2) is 36.4 Å². The zero-order valence-electron chi connectivity index (χ0n) is 18.9. The highest BCUT2D eigenvalue weighted by atomic mass is 35.5. The summed E-state index contributed by atoms with van der Waals surface area (Å²) in [5.41, 5.74) is 1.07. The van der Waals surface area contributed by atoms with Crippen LogP contribution < -0.4 is 0 Å². The molecular formula is C25H37ClO5S. The first-order valence-electron chi connectivity index (χ1n) is 11.7. The molecule has 0 spiro atoms. The first-order valence-corrected chi connectivity index (χ1v) is 13.4. The van der Waals surface area contributed by atoms with Crippen LogP contribution in [0.4, 0.5) is 0 Å². The number of hydrogen-bond acceptors (Lipinski definition) is 4. The number of ketones is 1. The molecule has 0 aliphatic heterocycles. The van der Waals surface area contributed by atoms with Gasteiger partial charge in [0.25, 0.3) is 0 Å². The largest absolute Gasteiger partial charge is 0.392 e. The number of Topliss-reactive ketones (excluding diaryl/α,β-unsaturated/α-hetero) is 1. The van der Waals surface area contributed by atoms with Crippen LogP contribution in [-0.2, 0) is 15.9 Å². The van der Waals surface area contributed by atoms with Crippen LogP contribution in [0.5, 0.6) is 0 Å². The Balaban J connectivity index is 1.95. The Hall–Kier alpha value is -1.05. The predicted octanol–water partition coefficient (Wildman–Crippen LogP) is 5.27. The van der Waals surface area contributed by atoms with Gasteiger partial charge in [-0.3, -0.25) is 4.79 Å². The molecule has 2 rings (SSSR count). The molecule has 32 heavy (non-hydrogen) atoms. The van der Waals surface area contributed by atoms with Crippen molar-refractivity contribution in [1.82, 2.24) is 0 Å². The van der Waals surface area contributed by atoms with E-state index in [1.54, 1.807) is 0 Å². The quantitative estimate of drug-likeness (QED) is 0.190. The van der Waals surface area contributed by atoms with Crippen molar-refractivity contribution in [1.29, 1.82) is 0 Å². The van der Waals surface area contributed by atoms with E-state index in [1.807, 2.05) is 36.4 Å². The molecule has 1 aromatic rings.